The van der Waals surface area contributed by atoms with Gasteiger partial charge in [0.1, 0.15) is 11.9 Å². The number of thiophene rings is 1. The van der Waals surface area contributed by atoms with Gasteiger partial charge in [0.2, 0.25) is 6.41 Å². The normalized spacial score (nSPS) is 14.9. The quantitative estimate of drug-likeness (QED) is 0.202. The first kappa shape index (κ1) is 25.1. The highest BCUT2D eigenvalue weighted by Gasteiger charge is 2.40. The number of nitrogens with two attached hydrogens (primary N) is 1. The Labute approximate surface area is 218 Å². The van der Waals surface area contributed by atoms with Crippen LogP contribution in [0.5, 0.6) is 0 Å². The summed E-state index contributed by atoms with van der Waals surface area (Å²) in [5.74, 6) is -0.548. The number of amides is 1. The van der Waals surface area contributed by atoms with Crippen LogP contribution < -0.4 is 11.1 Å². The summed E-state index contributed by atoms with van der Waals surface area (Å²) in [7, 11) is 0. The zero-order valence-electron chi connectivity index (χ0n) is 20.3. The van der Waals surface area contributed by atoms with Crippen molar-refractivity contribution in [2.75, 3.05) is 6.54 Å². The van der Waals surface area contributed by atoms with Crippen molar-refractivity contribution in [2.24, 2.45) is 5.73 Å². The number of carbonyl (C=O) groups is 1. The molecule has 4 aromatic rings. The number of benzene rings is 2. The molecule has 0 spiro atoms. The van der Waals surface area contributed by atoms with Crippen molar-refractivity contribution in [3.8, 4) is 27.6 Å². The largest absolute Gasteiger partial charge is 0.388 e. The Bertz CT molecular complexity index is 1480. The van der Waals surface area contributed by atoms with E-state index in [-0.39, 0.29) is 11.6 Å². The Balaban J connectivity index is 1.48. The Morgan fingerprint density at radius 2 is 2.08 bits per heavy atom. The molecule has 1 amide bonds. The summed E-state index contributed by atoms with van der Waals surface area (Å²) in [6, 6.07) is 14.6. The number of fused-ring (bicyclic) bond motifs is 1. The van der Waals surface area contributed by atoms with E-state index >= 15 is 0 Å². The van der Waals surface area contributed by atoms with Crippen molar-refractivity contribution in [1.82, 2.24) is 15.1 Å². The lowest BCUT2D eigenvalue weighted by molar-refractivity contribution is -0.109. The van der Waals surface area contributed by atoms with E-state index in [4.69, 9.17) is 11.0 Å². The van der Waals surface area contributed by atoms with Gasteiger partial charge < -0.3 is 16.2 Å². The van der Waals surface area contributed by atoms with Gasteiger partial charge in [0.05, 0.1) is 23.2 Å². The van der Waals surface area contributed by atoms with E-state index < -0.39 is 11.4 Å². The molecule has 9 heteroatoms. The lowest BCUT2D eigenvalue weighted by atomic mass is 9.99. The van der Waals surface area contributed by atoms with Crippen molar-refractivity contribution in [3.05, 3.63) is 64.9 Å². The number of rotatable bonds is 11. The topological polar surface area (TPSA) is 117 Å². The number of hydrogen-bond acceptors (Lipinski definition) is 6. The number of aromatic nitrogens is 2. The van der Waals surface area contributed by atoms with Gasteiger partial charge in [0.15, 0.2) is 0 Å². The van der Waals surface area contributed by atoms with Gasteiger partial charge in [0, 0.05) is 39.5 Å². The van der Waals surface area contributed by atoms with Crippen molar-refractivity contribution in [3.63, 3.8) is 0 Å². The summed E-state index contributed by atoms with van der Waals surface area (Å²) < 4.78 is 16.3. The molecule has 5 rings (SSSR count). The van der Waals surface area contributed by atoms with Crippen molar-refractivity contribution in [2.45, 2.75) is 50.3 Å². The summed E-state index contributed by atoms with van der Waals surface area (Å²) in [6.45, 7) is 1.07. The molecule has 1 aliphatic carbocycles. The molecular formula is C28H28FN5O2S. The zero-order chi connectivity index (χ0) is 26.0. The molecule has 190 valence electrons. The van der Waals surface area contributed by atoms with Crippen LogP contribution in [0, 0.1) is 17.1 Å². The molecule has 7 nitrogen and oxygen atoms in total. The standard InChI is InChI=1S/C28H28FN5O2S/c29-25-11-18(3-4-20(25)14-30)24-13-23(12-22(31)2-1-9-32-17-35)37-27(24)19-5-6-26-21(10-19)15-34(33-26)16-28(36)7-8-28/h3-6,10-11,13,15,17,22,36H,1-2,7-9,12,16,31H2,(H,32,35). The van der Waals surface area contributed by atoms with E-state index in [1.807, 2.05) is 24.4 Å². The van der Waals surface area contributed by atoms with Gasteiger partial charge >= 0.3 is 0 Å². The van der Waals surface area contributed by atoms with E-state index in [1.165, 1.54) is 12.1 Å². The minimum absolute atomic E-state index is 0.0119. The van der Waals surface area contributed by atoms with Gasteiger partial charge in [-0.15, -0.1) is 11.3 Å². The number of nitrogens with zero attached hydrogens (tertiary/aromatic N) is 3. The molecule has 2 aromatic heterocycles. The second kappa shape index (κ2) is 10.4. The maximum atomic E-state index is 14.5. The summed E-state index contributed by atoms with van der Waals surface area (Å²) in [5.41, 5.74) is 9.17. The van der Waals surface area contributed by atoms with Gasteiger partial charge in [0.25, 0.3) is 0 Å². The molecule has 0 bridgehead atoms. The SMILES string of the molecule is N#Cc1ccc(-c2cc(CC(N)CCCNC=O)sc2-c2ccc3nn(CC4(O)CC4)cc3c2)cc1F. The van der Waals surface area contributed by atoms with Gasteiger partial charge in [-0.05, 0) is 73.6 Å². The van der Waals surface area contributed by atoms with E-state index in [0.717, 1.165) is 57.5 Å². The minimum atomic E-state index is -0.636. The average Bonchev–Trinajstić information content (AvgIpc) is 3.26. The average molecular weight is 518 g/mol. The van der Waals surface area contributed by atoms with Gasteiger partial charge in [-0.1, -0.05) is 12.1 Å². The first-order valence-electron chi connectivity index (χ1n) is 12.3. The molecule has 1 unspecified atom stereocenters. The number of hydrogen-bond donors (Lipinski definition) is 3. The Kier molecular flexibility index (Phi) is 7.07. The van der Waals surface area contributed by atoms with Crippen molar-refractivity contribution in [1.29, 1.82) is 5.26 Å². The van der Waals surface area contributed by atoms with E-state index in [2.05, 4.69) is 22.5 Å². The van der Waals surface area contributed by atoms with Gasteiger partial charge in [-0.2, -0.15) is 10.4 Å². The minimum Gasteiger partial charge on any atom is -0.388 e. The van der Waals surface area contributed by atoms with Crippen molar-refractivity contribution < 1.29 is 14.3 Å². The molecule has 2 heterocycles. The fourth-order valence-corrected chi connectivity index (χ4v) is 5.80. The predicted molar refractivity (Wildman–Crippen MR) is 142 cm³/mol. The number of nitriles is 1. The van der Waals surface area contributed by atoms with Crippen LogP contribution in [0.25, 0.3) is 32.5 Å². The lowest BCUT2D eigenvalue weighted by Crippen LogP contribution is -2.24. The first-order chi connectivity index (χ1) is 17.9. The number of nitrogens with one attached hydrogen (secondary N) is 1. The molecule has 1 atom stereocenters. The fraction of sp³-hybridized carbons (Fsp3) is 0.321. The smallest absolute Gasteiger partial charge is 0.207 e. The highest BCUT2D eigenvalue weighted by Crippen LogP contribution is 2.41. The third kappa shape index (κ3) is 5.72. The second-order valence-corrected chi connectivity index (χ2v) is 10.9. The Hall–Kier alpha value is -3.58. The number of halogens is 1. The van der Waals surface area contributed by atoms with E-state index in [9.17, 15) is 14.3 Å². The van der Waals surface area contributed by atoms with E-state index in [0.29, 0.717) is 31.5 Å². The summed E-state index contributed by atoms with van der Waals surface area (Å²) in [5, 5.41) is 27.7. The highest BCUT2D eigenvalue weighted by molar-refractivity contribution is 7.16. The van der Waals surface area contributed by atoms with Crippen LogP contribution >= 0.6 is 11.3 Å². The summed E-state index contributed by atoms with van der Waals surface area (Å²) in [4.78, 5) is 12.5. The highest BCUT2D eigenvalue weighted by atomic mass is 32.1. The van der Waals surface area contributed by atoms with Crippen LogP contribution in [0.15, 0.2) is 48.7 Å². The maximum absolute atomic E-state index is 14.5. The third-order valence-electron chi connectivity index (χ3n) is 6.72. The molecule has 0 radical (unpaired) electrons. The second-order valence-electron chi connectivity index (χ2n) is 9.76. The van der Waals surface area contributed by atoms with Gasteiger partial charge in [-0.25, -0.2) is 4.39 Å². The molecule has 4 N–H and O–H groups in total. The molecule has 2 aromatic carbocycles. The van der Waals surface area contributed by atoms with Crippen LogP contribution in [-0.2, 0) is 17.8 Å². The van der Waals surface area contributed by atoms with Crippen molar-refractivity contribution >= 4 is 28.6 Å². The molecule has 1 saturated carbocycles. The van der Waals surface area contributed by atoms with Crippen LogP contribution in [0.3, 0.4) is 0 Å². The summed E-state index contributed by atoms with van der Waals surface area (Å²) >= 11 is 1.62. The first-order valence-corrected chi connectivity index (χ1v) is 13.1. The number of carbonyl (C=O) groups excluding carboxylic acids is 1. The zero-order valence-corrected chi connectivity index (χ0v) is 21.1. The molecule has 1 aliphatic rings. The van der Waals surface area contributed by atoms with Crippen LogP contribution in [-0.4, -0.2) is 39.5 Å². The lowest BCUT2D eigenvalue weighted by Gasteiger charge is -2.09. The molecule has 0 saturated heterocycles. The van der Waals surface area contributed by atoms with Crippen LogP contribution in [0.1, 0.15) is 36.1 Å². The van der Waals surface area contributed by atoms with Crippen LogP contribution in [0.2, 0.25) is 0 Å². The molecule has 1 fully saturated rings. The monoisotopic (exact) mass is 517 g/mol. The fourth-order valence-electron chi connectivity index (χ4n) is 4.53. The Morgan fingerprint density at radius 1 is 1.27 bits per heavy atom. The van der Waals surface area contributed by atoms with Crippen LogP contribution in [0.4, 0.5) is 4.39 Å². The third-order valence-corrected chi connectivity index (χ3v) is 7.93. The number of aliphatic hydroxyl groups is 1. The van der Waals surface area contributed by atoms with Gasteiger partial charge in [-0.3, -0.25) is 9.48 Å². The molecule has 37 heavy (non-hydrogen) atoms. The maximum Gasteiger partial charge on any atom is 0.207 e. The predicted octanol–water partition coefficient (Wildman–Crippen LogP) is 4.36. The molecule has 0 aliphatic heterocycles. The summed E-state index contributed by atoms with van der Waals surface area (Å²) in [6.07, 6.45) is 6.46. The molecular weight excluding hydrogens is 489 g/mol. The van der Waals surface area contributed by atoms with E-state index in [1.54, 1.807) is 22.1 Å². The Morgan fingerprint density at radius 3 is 2.81 bits per heavy atom.